The van der Waals surface area contributed by atoms with E-state index < -0.39 is 11.7 Å². The molecule has 0 aromatic carbocycles. The smallest absolute Gasteiger partial charge is 0.414 e. The topological polar surface area (TPSA) is 106 Å². The van der Waals surface area contributed by atoms with Crippen molar-refractivity contribution in [3.8, 4) is 0 Å². The number of aliphatic imine (C=N–C) groups is 1. The second-order valence-electron chi connectivity index (χ2n) is 5.30. The fourth-order valence-corrected chi connectivity index (χ4v) is 1.33. The third-order valence-corrected chi connectivity index (χ3v) is 2.10. The standard InChI is InChI=1S/C13H26N4O3/c1-5-15-10(18)8-6-7-9-16-11(14)17-12(19)20-13(2,3)4/h5-9H2,1-4H3,(H,15,18)(H3,14,16,17,19). The number of amides is 2. The first-order valence-corrected chi connectivity index (χ1v) is 6.81. The normalized spacial score (nSPS) is 11.9. The molecule has 0 aliphatic carbocycles. The molecule has 0 saturated heterocycles. The Morgan fingerprint density at radius 3 is 2.45 bits per heavy atom. The van der Waals surface area contributed by atoms with Crippen LogP contribution in [0.4, 0.5) is 4.79 Å². The van der Waals surface area contributed by atoms with E-state index in [9.17, 15) is 9.59 Å². The van der Waals surface area contributed by atoms with Gasteiger partial charge in [-0.2, -0.15) is 0 Å². The Labute approximate surface area is 120 Å². The van der Waals surface area contributed by atoms with Gasteiger partial charge in [0, 0.05) is 19.5 Å². The van der Waals surface area contributed by atoms with Crippen LogP contribution < -0.4 is 16.4 Å². The fraction of sp³-hybridized carbons (Fsp3) is 0.769. The summed E-state index contributed by atoms with van der Waals surface area (Å²) in [7, 11) is 0. The molecule has 0 rings (SSSR count). The number of nitrogens with zero attached hydrogens (tertiary/aromatic N) is 1. The van der Waals surface area contributed by atoms with E-state index in [2.05, 4.69) is 15.6 Å². The number of unbranched alkanes of at least 4 members (excludes halogenated alkanes) is 1. The lowest BCUT2D eigenvalue weighted by Crippen LogP contribution is -2.40. The number of carbonyl (C=O) groups excluding carboxylic acids is 2. The number of hydrogen-bond acceptors (Lipinski definition) is 4. The van der Waals surface area contributed by atoms with Crippen molar-refractivity contribution in [3.63, 3.8) is 0 Å². The maximum Gasteiger partial charge on any atom is 0.414 e. The average Bonchev–Trinajstić information content (AvgIpc) is 2.25. The number of rotatable bonds is 6. The van der Waals surface area contributed by atoms with Crippen LogP contribution in [0.2, 0.25) is 0 Å². The number of hydrogen-bond donors (Lipinski definition) is 3. The second-order valence-corrected chi connectivity index (χ2v) is 5.30. The van der Waals surface area contributed by atoms with Gasteiger partial charge in [0.25, 0.3) is 0 Å². The van der Waals surface area contributed by atoms with E-state index in [-0.39, 0.29) is 11.9 Å². The van der Waals surface area contributed by atoms with Gasteiger partial charge in [-0.15, -0.1) is 0 Å². The van der Waals surface area contributed by atoms with Crippen LogP contribution in [0.25, 0.3) is 0 Å². The van der Waals surface area contributed by atoms with Gasteiger partial charge >= 0.3 is 6.09 Å². The van der Waals surface area contributed by atoms with Crippen LogP contribution in [0.3, 0.4) is 0 Å². The van der Waals surface area contributed by atoms with Crippen molar-refractivity contribution in [2.75, 3.05) is 13.1 Å². The first-order chi connectivity index (χ1) is 9.24. The molecule has 0 heterocycles. The second kappa shape index (κ2) is 9.17. The summed E-state index contributed by atoms with van der Waals surface area (Å²) < 4.78 is 5.03. The van der Waals surface area contributed by atoms with Crippen LogP contribution in [0.5, 0.6) is 0 Å². The summed E-state index contributed by atoms with van der Waals surface area (Å²) in [6, 6.07) is 0. The monoisotopic (exact) mass is 286 g/mol. The molecular formula is C13H26N4O3. The molecule has 0 aromatic rings. The molecule has 0 unspecified atom stereocenters. The lowest BCUT2D eigenvalue weighted by Gasteiger charge is -2.19. The summed E-state index contributed by atoms with van der Waals surface area (Å²) in [5, 5.41) is 5.06. The predicted octanol–water partition coefficient (Wildman–Crippen LogP) is 1.13. The van der Waals surface area contributed by atoms with E-state index in [1.807, 2.05) is 6.92 Å². The number of guanidine groups is 1. The predicted molar refractivity (Wildman–Crippen MR) is 78.4 cm³/mol. The summed E-state index contributed by atoms with van der Waals surface area (Å²) in [5.41, 5.74) is 4.97. The number of nitrogens with two attached hydrogens (primary N) is 1. The Morgan fingerprint density at radius 1 is 1.25 bits per heavy atom. The molecule has 0 atom stereocenters. The van der Waals surface area contributed by atoms with Crippen molar-refractivity contribution < 1.29 is 14.3 Å². The van der Waals surface area contributed by atoms with Gasteiger partial charge in [0.05, 0.1) is 0 Å². The Morgan fingerprint density at radius 2 is 1.90 bits per heavy atom. The summed E-state index contributed by atoms with van der Waals surface area (Å²) in [6.07, 6.45) is 1.31. The van der Waals surface area contributed by atoms with Crippen LogP contribution in [-0.4, -0.2) is 36.7 Å². The zero-order valence-electron chi connectivity index (χ0n) is 12.8. The minimum Gasteiger partial charge on any atom is -0.444 e. The molecule has 20 heavy (non-hydrogen) atoms. The molecule has 0 radical (unpaired) electrons. The molecule has 0 aliphatic rings. The molecule has 0 fully saturated rings. The molecule has 0 bridgehead atoms. The van der Waals surface area contributed by atoms with E-state index in [1.54, 1.807) is 20.8 Å². The SMILES string of the molecule is CCNC(=O)CCCCN=C(N)NC(=O)OC(C)(C)C. The third kappa shape index (κ3) is 11.3. The van der Waals surface area contributed by atoms with Gasteiger partial charge in [-0.25, -0.2) is 4.79 Å². The summed E-state index contributed by atoms with van der Waals surface area (Å²) in [6.45, 7) is 8.28. The summed E-state index contributed by atoms with van der Waals surface area (Å²) >= 11 is 0. The molecule has 7 heteroatoms. The van der Waals surface area contributed by atoms with E-state index in [4.69, 9.17) is 10.5 Å². The maximum absolute atomic E-state index is 11.4. The molecule has 4 N–H and O–H groups in total. The minimum atomic E-state index is -0.624. The van der Waals surface area contributed by atoms with E-state index in [0.29, 0.717) is 19.5 Å². The van der Waals surface area contributed by atoms with Gasteiger partial charge < -0.3 is 15.8 Å². The van der Waals surface area contributed by atoms with Crippen LogP contribution >= 0.6 is 0 Å². The Balaban J connectivity index is 3.81. The number of alkyl carbamates (subject to hydrolysis) is 1. The molecule has 0 saturated carbocycles. The molecule has 0 spiro atoms. The van der Waals surface area contributed by atoms with Gasteiger partial charge in [0.15, 0.2) is 5.96 Å². The van der Waals surface area contributed by atoms with Gasteiger partial charge in [-0.05, 0) is 40.5 Å². The average molecular weight is 286 g/mol. The van der Waals surface area contributed by atoms with Gasteiger partial charge in [-0.3, -0.25) is 15.1 Å². The highest BCUT2D eigenvalue weighted by Crippen LogP contribution is 2.06. The lowest BCUT2D eigenvalue weighted by atomic mass is 10.2. The molecule has 2 amide bonds. The fourth-order valence-electron chi connectivity index (χ4n) is 1.33. The van der Waals surface area contributed by atoms with Gasteiger partial charge in [0.1, 0.15) is 5.60 Å². The van der Waals surface area contributed by atoms with Crippen LogP contribution in [0.1, 0.15) is 47.0 Å². The maximum atomic E-state index is 11.4. The quantitative estimate of drug-likeness (QED) is 0.386. The largest absolute Gasteiger partial charge is 0.444 e. The van der Waals surface area contributed by atoms with Crippen LogP contribution in [0.15, 0.2) is 4.99 Å². The van der Waals surface area contributed by atoms with Crippen molar-refractivity contribution >= 4 is 18.0 Å². The number of ether oxygens (including phenoxy) is 1. The van der Waals surface area contributed by atoms with E-state index >= 15 is 0 Å². The zero-order chi connectivity index (χ0) is 15.6. The van der Waals surface area contributed by atoms with E-state index in [0.717, 1.165) is 12.8 Å². The summed E-state index contributed by atoms with van der Waals surface area (Å²) in [5.74, 6) is 0.0635. The van der Waals surface area contributed by atoms with Gasteiger partial charge in [0.2, 0.25) is 5.91 Å². The van der Waals surface area contributed by atoms with Gasteiger partial charge in [-0.1, -0.05) is 0 Å². The van der Waals surface area contributed by atoms with Crippen LogP contribution in [0, 0.1) is 0 Å². The van der Waals surface area contributed by atoms with Crippen molar-refractivity contribution in [1.29, 1.82) is 0 Å². The third-order valence-electron chi connectivity index (χ3n) is 2.10. The Hall–Kier alpha value is -1.79. The number of nitrogens with one attached hydrogen (secondary N) is 2. The lowest BCUT2D eigenvalue weighted by molar-refractivity contribution is -0.121. The Kier molecular flexibility index (Phi) is 8.35. The highest BCUT2D eigenvalue weighted by Gasteiger charge is 2.16. The van der Waals surface area contributed by atoms with E-state index in [1.165, 1.54) is 0 Å². The number of carbonyl (C=O) groups is 2. The Bertz CT molecular complexity index is 348. The zero-order valence-corrected chi connectivity index (χ0v) is 12.8. The van der Waals surface area contributed by atoms with Crippen molar-refractivity contribution in [2.24, 2.45) is 10.7 Å². The molecule has 0 aromatic heterocycles. The van der Waals surface area contributed by atoms with Crippen LogP contribution in [-0.2, 0) is 9.53 Å². The minimum absolute atomic E-state index is 0.0252. The molecule has 0 aliphatic heterocycles. The highest BCUT2D eigenvalue weighted by atomic mass is 16.6. The van der Waals surface area contributed by atoms with Crippen molar-refractivity contribution in [1.82, 2.24) is 10.6 Å². The first kappa shape index (κ1) is 18.2. The summed E-state index contributed by atoms with van der Waals surface area (Å²) in [4.78, 5) is 26.5. The molecule has 116 valence electrons. The van der Waals surface area contributed by atoms with Crippen molar-refractivity contribution in [3.05, 3.63) is 0 Å². The first-order valence-electron chi connectivity index (χ1n) is 6.81. The highest BCUT2D eigenvalue weighted by molar-refractivity contribution is 5.92. The molecular weight excluding hydrogens is 260 g/mol. The van der Waals surface area contributed by atoms with Crippen molar-refractivity contribution in [2.45, 2.75) is 52.6 Å². The molecule has 7 nitrogen and oxygen atoms in total.